The quantitative estimate of drug-likeness (QED) is 0.698. The van der Waals surface area contributed by atoms with Gasteiger partial charge in [0.15, 0.2) is 5.82 Å². The van der Waals surface area contributed by atoms with Gasteiger partial charge in [0.25, 0.3) is 11.8 Å². The van der Waals surface area contributed by atoms with Crippen LogP contribution in [0.2, 0.25) is 0 Å². The molecule has 2 N–H and O–H groups in total. The highest BCUT2D eigenvalue weighted by atomic mass is 19.1. The SMILES string of the molecule is O=C(NCc1ccccn1)c1nc(C(=O)Nc2cccc(F)c2)n2c1CCCC2. The van der Waals surface area contributed by atoms with Crippen LogP contribution in [0.1, 0.15) is 45.3 Å². The van der Waals surface area contributed by atoms with E-state index in [1.165, 1.54) is 18.2 Å². The van der Waals surface area contributed by atoms with Gasteiger partial charge in [-0.15, -0.1) is 0 Å². The summed E-state index contributed by atoms with van der Waals surface area (Å²) in [7, 11) is 0. The molecule has 8 heteroatoms. The molecular formula is C21H20FN5O2. The maximum absolute atomic E-state index is 13.4. The minimum absolute atomic E-state index is 0.159. The number of pyridine rings is 1. The first kappa shape index (κ1) is 18.8. The number of carbonyl (C=O) groups excluding carboxylic acids is 2. The highest BCUT2D eigenvalue weighted by molar-refractivity contribution is 6.03. The van der Waals surface area contributed by atoms with Crippen LogP contribution in [-0.4, -0.2) is 26.3 Å². The predicted molar refractivity (Wildman–Crippen MR) is 105 cm³/mol. The Morgan fingerprint density at radius 3 is 2.79 bits per heavy atom. The number of nitrogens with one attached hydrogen (secondary N) is 2. The Bertz CT molecular complexity index is 1050. The Morgan fingerprint density at radius 1 is 1.10 bits per heavy atom. The highest BCUT2D eigenvalue weighted by Crippen LogP contribution is 2.22. The Labute approximate surface area is 167 Å². The van der Waals surface area contributed by atoms with Crippen LogP contribution in [0.4, 0.5) is 10.1 Å². The predicted octanol–water partition coefficient (Wildman–Crippen LogP) is 2.94. The summed E-state index contributed by atoms with van der Waals surface area (Å²) in [6.45, 7) is 0.887. The molecule has 0 saturated heterocycles. The molecule has 0 unspecified atom stereocenters. The van der Waals surface area contributed by atoms with Crippen molar-refractivity contribution in [2.45, 2.75) is 32.4 Å². The molecule has 0 bridgehead atoms. The fourth-order valence-electron chi connectivity index (χ4n) is 3.41. The molecule has 0 fully saturated rings. The maximum atomic E-state index is 13.4. The summed E-state index contributed by atoms with van der Waals surface area (Å²) in [5.41, 5.74) is 2.08. The van der Waals surface area contributed by atoms with Crippen molar-refractivity contribution in [1.82, 2.24) is 19.9 Å². The zero-order valence-corrected chi connectivity index (χ0v) is 15.7. The second kappa shape index (κ2) is 8.22. The van der Waals surface area contributed by atoms with Crippen LogP contribution >= 0.6 is 0 Å². The number of amides is 2. The molecule has 0 aliphatic carbocycles. The van der Waals surface area contributed by atoms with E-state index in [4.69, 9.17) is 0 Å². The van der Waals surface area contributed by atoms with Crippen molar-refractivity contribution in [2.75, 3.05) is 5.32 Å². The van der Waals surface area contributed by atoms with Crippen LogP contribution in [0.3, 0.4) is 0 Å². The topological polar surface area (TPSA) is 88.9 Å². The van der Waals surface area contributed by atoms with Crippen molar-refractivity contribution in [3.05, 3.63) is 77.4 Å². The molecule has 3 heterocycles. The normalized spacial score (nSPS) is 12.9. The zero-order valence-electron chi connectivity index (χ0n) is 15.7. The standard InChI is InChI=1S/C21H20FN5O2/c22-14-6-5-8-15(12-14)25-21(29)19-26-18(17-9-2-4-11-27(17)19)20(28)24-13-16-7-1-3-10-23-16/h1,3,5-8,10,12H,2,4,9,11,13H2,(H,24,28)(H,25,29). The summed E-state index contributed by atoms with van der Waals surface area (Å²) in [5, 5.41) is 5.47. The lowest BCUT2D eigenvalue weighted by atomic mass is 10.1. The molecule has 0 atom stereocenters. The molecule has 148 valence electrons. The van der Waals surface area contributed by atoms with Gasteiger partial charge < -0.3 is 15.2 Å². The third kappa shape index (κ3) is 4.16. The molecule has 1 aliphatic rings. The Hall–Kier alpha value is -3.55. The average molecular weight is 393 g/mol. The van der Waals surface area contributed by atoms with Gasteiger partial charge in [0.05, 0.1) is 17.9 Å². The van der Waals surface area contributed by atoms with E-state index in [-0.39, 0.29) is 24.0 Å². The first-order chi connectivity index (χ1) is 14.1. The van der Waals surface area contributed by atoms with Gasteiger partial charge in [0.1, 0.15) is 11.5 Å². The van der Waals surface area contributed by atoms with E-state index in [9.17, 15) is 14.0 Å². The van der Waals surface area contributed by atoms with Gasteiger partial charge >= 0.3 is 0 Å². The van der Waals surface area contributed by atoms with E-state index in [1.807, 2.05) is 12.1 Å². The number of hydrogen-bond donors (Lipinski definition) is 2. The number of benzene rings is 1. The number of imidazole rings is 1. The lowest BCUT2D eigenvalue weighted by Gasteiger charge is -2.17. The average Bonchev–Trinajstić information content (AvgIpc) is 3.13. The zero-order chi connectivity index (χ0) is 20.2. The molecule has 1 aromatic carbocycles. The summed E-state index contributed by atoms with van der Waals surface area (Å²) >= 11 is 0. The van der Waals surface area contributed by atoms with E-state index in [2.05, 4.69) is 20.6 Å². The fourth-order valence-corrected chi connectivity index (χ4v) is 3.41. The van der Waals surface area contributed by atoms with Crippen molar-refractivity contribution < 1.29 is 14.0 Å². The Balaban J connectivity index is 1.56. The summed E-state index contributed by atoms with van der Waals surface area (Å²) in [5.74, 6) is -1.09. The van der Waals surface area contributed by atoms with Gasteiger partial charge in [-0.25, -0.2) is 9.37 Å². The van der Waals surface area contributed by atoms with Gasteiger partial charge in [-0.05, 0) is 49.6 Å². The van der Waals surface area contributed by atoms with Crippen molar-refractivity contribution in [3.63, 3.8) is 0 Å². The van der Waals surface area contributed by atoms with Crippen LogP contribution in [0.15, 0.2) is 48.7 Å². The monoisotopic (exact) mass is 393 g/mol. The largest absolute Gasteiger partial charge is 0.345 e. The van der Waals surface area contributed by atoms with Crippen molar-refractivity contribution >= 4 is 17.5 Å². The van der Waals surface area contributed by atoms with E-state index in [1.54, 1.807) is 22.9 Å². The highest BCUT2D eigenvalue weighted by Gasteiger charge is 2.27. The first-order valence-electron chi connectivity index (χ1n) is 9.46. The molecule has 1 aliphatic heterocycles. The number of anilines is 1. The van der Waals surface area contributed by atoms with Gasteiger partial charge in [0.2, 0.25) is 0 Å². The minimum Gasteiger partial charge on any atom is -0.345 e. The molecule has 0 saturated carbocycles. The van der Waals surface area contributed by atoms with Crippen molar-refractivity contribution in [3.8, 4) is 0 Å². The van der Waals surface area contributed by atoms with E-state index >= 15 is 0 Å². The number of carbonyl (C=O) groups is 2. The third-order valence-corrected chi connectivity index (χ3v) is 4.77. The summed E-state index contributed by atoms with van der Waals surface area (Å²) < 4.78 is 15.2. The number of halogens is 1. The molecular weight excluding hydrogens is 373 g/mol. The Morgan fingerprint density at radius 2 is 2.00 bits per heavy atom. The number of hydrogen-bond acceptors (Lipinski definition) is 4. The van der Waals surface area contributed by atoms with Crippen LogP contribution < -0.4 is 10.6 Å². The number of aromatic nitrogens is 3. The minimum atomic E-state index is -0.470. The second-order valence-electron chi connectivity index (χ2n) is 6.81. The molecule has 2 amide bonds. The molecule has 0 radical (unpaired) electrons. The summed E-state index contributed by atoms with van der Waals surface area (Å²) in [6, 6.07) is 11.1. The number of fused-ring (bicyclic) bond motifs is 1. The molecule has 0 spiro atoms. The number of nitrogens with zero attached hydrogens (tertiary/aromatic N) is 3. The Kier molecular flexibility index (Phi) is 5.33. The summed E-state index contributed by atoms with van der Waals surface area (Å²) in [4.78, 5) is 34.0. The van der Waals surface area contributed by atoms with Gasteiger partial charge in [-0.3, -0.25) is 14.6 Å². The number of rotatable bonds is 5. The summed E-state index contributed by atoms with van der Waals surface area (Å²) in [6.07, 6.45) is 4.16. The molecule has 3 aromatic rings. The fraction of sp³-hybridized carbons (Fsp3) is 0.238. The molecule has 7 nitrogen and oxygen atoms in total. The smallest absolute Gasteiger partial charge is 0.291 e. The van der Waals surface area contributed by atoms with Gasteiger partial charge in [-0.2, -0.15) is 0 Å². The lowest BCUT2D eigenvalue weighted by Crippen LogP contribution is -2.25. The molecule has 29 heavy (non-hydrogen) atoms. The van der Waals surface area contributed by atoms with Crippen molar-refractivity contribution in [1.29, 1.82) is 0 Å². The van der Waals surface area contributed by atoms with Crippen LogP contribution in [0.5, 0.6) is 0 Å². The maximum Gasteiger partial charge on any atom is 0.291 e. The molecule has 4 rings (SSSR count). The third-order valence-electron chi connectivity index (χ3n) is 4.77. The van der Waals surface area contributed by atoms with E-state index in [0.717, 1.165) is 24.2 Å². The lowest BCUT2D eigenvalue weighted by molar-refractivity contribution is 0.0944. The second-order valence-corrected chi connectivity index (χ2v) is 6.81. The van der Waals surface area contributed by atoms with Gasteiger partial charge in [-0.1, -0.05) is 12.1 Å². The van der Waals surface area contributed by atoms with Crippen LogP contribution in [-0.2, 0) is 19.5 Å². The van der Waals surface area contributed by atoms with E-state index < -0.39 is 11.7 Å². The van der Waals surface area contributed by atoms with Crippen LogP contribution in [0.25, 0.3) is 0 Å². The first-order valence-corrected chi connectivity index (χ1v) is 9.46. The van der Waals surface area contributed by atoms with Crippen LogP contribution in [0, 0.1) is 5.82 Å². The van der Waals surface area contributed by atoms with Crippen molar-refractivity contribution in [2.24, 2.45) is 0 Å². The van der Waals surface area contributed by atoms with Gasteiger partial charge in [0, 0.05) is 18.4 Å². The van der Waals surface area contributed by atoms with E-state index in [0.29, 0.717) is 18.7 Å². The molecule has 2 aromatic heterocycles.